The third-order valence-electron chi connectivity index (χ3n) is 4.70. The topological polar surface area (TPSA) is 40.5 Å². The highest BCUT2D eigenvalue weighted by atomic mass is 16.4. The van der Waals surface area contributed by atoms with E-state index in [9.17, 15) is 9.90 Å². The van der Waals surface area contributed by atoms with Crippen LogP contribution in [-0.4, -0.2) is 24.2 Å². The Balaban J connectivity index is 1.88. The summed E-state index contributed by atoms with van der Waals surface area (Å²) in [5, 5.41) is 9.38. The van der Waals surface area contributed by atoms with Gasteiger partial charge in [0.15, 0.2) is 0 Å². The minimum atomic E-state index is -0.812. The van der Waals surface area contributed by atoms with E-state index in [0.29, 0.717) is 5.56 Å². The monoisotopic (exact) mass is 259 g/mol. The normalized spacial score (nSPS) is 26.3. The molecule has 0 aromatic heterocycles. The molecule has 2 aliphatic rings. The molecule has 1 aromatic carbocycles. The third-order valence-corrected chi connectivity index (χ3v) is 4.70. The zero-order valence-electron chi connectivity index (χ0n) is 11.4. The maximum Gasteiger partial charge on any atom is 0.337 e. The van der Waals surface area contributed by atoms with E-state index >= 15 is 0 Å². The van der Waals surface area contributed by atoms with Crippen LogP contribution in [0.3, 0.4) is 0 Å². The van der Waals surface area contributed by atoms with Crippen molar-refractivity contribution >= 4 is 11.7 Å². The lowest BCUT2D eigenvalue weighted by molar-refractivity contribution is 0.0697. The minimum absolute atomic E-state index is 0.457. The van der Waals surface area contributed by atoms with E-state index in [2.05, 4.69) is 4.90 Å². The number of rotatable bonds is 2. The highest BCUT2D eigenvalue weighted by Gasteiger charge is 2.35. The number of nitrogens with zero attached hydrogens (tertiary/aromatic N) is 1. The van der Waals surface area contributed by atoms with Crippen LogP contribution in [0.4, 0.5) is 5.69 Å². The molecule has 2 atom stereocenters. The molecule has 1 heterocycles. The number of carbonyl (C=O) groups is 1. The van der Waals surface area contributed by atoms with Crippen molar-refractivity contribution < 1.29 is 9.90 Å². The average Bonchev–Trinajstić information content (AvgIpc) is 2.82. The Hall–Kier alpha value is -1.51. The maximum absolute atomic E-state index is 11.4. The molecule has 3 nitrogen and oxygen atoms in total. The van der Waals surface area contributed by atoms with Gasteiger partial charge in [0.2, 0.25) is 0 Å². The number of carboxylic acids is 1. The quantitative estimate of drug-likeness (QED) is 0.885. The molecule has 2 fully saturated rings. The standard InChI is InChI=1S/C16H21NO2/c1-11-6-7-15(14(8-11)16(18)19)17-9-12-4-2-3-5-13(12)10-17/h6-8,12-13H,2-5,9-10H2,1H3,(H,18,19). The fourth-order valence-corrected chi connectivity index (χ4v) is 3.70. The molecule has 102 valence electrons. The fourth-order valence-electron chi connectivity index (χ4n) is 3.70. The number of anilines is 1. The van der Waals surface area contributed by atoms with E-state index in [0.717, 1.165) is 36.2 Å². The summed E-state index contributed by atoms with van der Waals surface area (Å²) in [6.07, 6.45) is 5.31. The van der Waals surface area contributed by atoms with Crippen LogP contribution in [0.25, 0.3) is 0 Å². The lowest BCUT2D eigenvalue weighted by atomic mass is 9.82. The first kappa shape index (κ1) is 12.5. The van der Waals surface area contributed by atoms with Crippen LogP contribution in [0.15, 0.2) is 18.2 Å². The Kier molecular flexibility index (Phi) is 3.21. The molecule has 1 aliphatic carbocycles. The lowest BCUT2D eigenvalue weighted by Gasteiger charge is -2.22. The van der Waals surface area contributed by atoms with Crippen LogP contribution in [0.2, 0.25) is 0 Å². The summed E-state index contributed by atoms with van der Waals surface area (Å²) in [6, 6.07) is 5.79. The molecule has 0 spiro atoms. The van der Waals surface area contributed by atoms with Crippen molar-refractivity contribution in [2.24, 2.45) is 11.8 Å². The largest absolute Gasteiger partial charge is 0.478 e. The molecule has 19 heavy (non-hydrogen) atoms. The van der Waals surface area contributed by atoms with Gasteiger partial charge in [-0.1, -0.05) is 24.5 Å². The lowest BCUT2D eigenvalue weighted by Crippen LogP contribution is -2.22. The summed E-state index contributed by atoms with van der Waals surface area (Å²) in [5.41, 5.74) is 2.38. The van der Waals surface area contributed by atoms with Crippen LogP contribution in [0, 0.1) is 18.8 Å². The summed E-state index contributed by atoms with van der Waals surface area (Å²) in [4.78, 5) is 13.7. The van der Waals surface area contributed by atoms with Gasteiger partial charge in [0.25, 0.3) is 0 Å². The first-order chi connectivity index (χ1) is 9.15. The van der Waals surface area contributed by atoms with E-state index in [1.807, 2.05) is 19.1 Å². The van der Waals surface area contributed by atoms with Gasteiger partial charge < -0.3 is 10.0 Å². The van der Waals surface area contributed by atoms with Gasteiger partial charge in [0.1, 0.15) is 0 Å². The predicted molar refractivity (Wildman–Crippen MR) is 75.8 cm³/mol. The molecular formula is C16H21NO2. The van der Waals surface area contributed by atoms with Crippen molar-refractivity contribution in [1.82, 2.24) is 0 Å². The number of fused-ring (bicyclic) bond motifs is 1. The maximum atomic E-state index is 11.4. The minimum Gasteiger partial charge on any atom is -0.478 e. The fraction of sp³-hybridized carbons (Fsp3) is 0.562. The molecule has 0 bridgehead atoms. The van der Waals surface area contributed by atoms with Gasteiger partial charge in [0, 0.05) is 13.1 Å². The highest BCUT2D eigenvalue weighted by molar-refractivity contribution is 5.94. The van der Waals surface area contributed by atoms with Crippen molar-refractivity contribution in [1.29, 1.82) is 0 Å². The number of hydrogen-bond acceptors (Lipinski definition) is 2. The van der Waals surface area contributed by atoms with Gasteiger partial charge in [-0.15, -0.1) is 0 Å². The van der Waals surface area contributed by atoms with Crippen molar-refractivity contribution in [2.45, 2.75) is 32.6 Å². The van der Waals surface area contributed by atoms with Gasteiger partial charge in [-0.3, -0.25) is 0 Å². The van der Waals surface area contributed by atoms with Crippen LogP contribution in [0.5, 0.6) is 0 Å². The van der Waals surface area contributed by atoms with E-state index in [1.54, 1.807) is 6.07 Å². The Morgan fingerprint density at radius 3 is 2.42 bits per heavy atom. The summed E-state index contributed by atoms with van der Waals surface area (Å²) >= 11 is 0. The van der Waals surface area contributed by atoms with Crippen molar-refractivity contribution in [2.75, 3.05) is 18.0 Å². The molecule has 2 unspecified atom stereocenters. The molecule has 1 saturated carbocycles. The Labute approximate surface area is 114 Å². The molecule has 3 heteroatoms. The van der Waals surface area contributed by atoms with E-state index in [4.69, 9.17) is 0 Å². The zero-order chi connectivity index (χ0) is 13.4. The van der Waals surface area contributed by atoms with Gasteiger partial charge in [-0.05, 0) is 43.7 Å². The molecule has 3 rings (SSSR count). The van der Waals surface area contributed by atoms with Crippen LogP contribution in [0.1, 0.15) is 41.6 Å². The van der Waals surface area contributed by atoms with E-state index in [-0.39, 0.29) is 0 Å². The van der Waals surface area contributed by atoms with Gasteiger partial charge in [0.05, 0.1) is 11.3 Å². The smallest absolute Gasteiger partial charge is 0.337 e. The molecule has 1 N–H and O–H groups in total. The van der Waals surface area contributed by atoms with E-state index in [1.165, 1.54) is 25.7 Å². The van der Waals surface area contributed by atoms with Gasteiger partial charge in [-0.2, -0.15) is 0 Å². The second kappa shape index (κ2) is 4.87. The third kappa shape index (κ3) is 2.34. The predicted octanol–water partition coefficient (Wildman–Crippen LogP) is 3.32. The van der Waals surface area contributed by atoms with Crippen molar-refractivity contribution in [3.05, 3.63) is 29.3 Å². The van der Waals surface area contributed by atoms with Crippen LogP contribution >= 0.6 is 0 Å². The molecule has 1 aliphatic heterocycles. The second-order valence-corrected chi connectivity index (χ2v) is 6.04. The van der Waals surface area contributed by atoms with Gasteiger partial charge >= 0.3 is 5.97 Å². The first-order valence-corrected chi connectivity index (χ1v) is 7.24. The average molecular weight is 259 g/mol. The molecule has 0 amide bonds. The number of aryl methyl sites for hydroxylation is 1. The SMILES string of the molecule is Cc1ccc(N2CC3CCCCC3C2)c(C(=O)O)c1. The Bertz CT molecular complexity index is 484. The van der Waals surface area contributed by atoms with Crippen LogP contribution < -0.4 is 4.90 Å². The molecule has 0 radical (unpaired) electrons. The molecule has 1 saturated heterocycles. The Morgan fingerprint density at radius 1 is 1.21 bits per heavy atom. The second-order valence-electron chi connectivity index (χ2n) is 6.04. The Morgan fingerprint density at radius 2 is 1.84 bits per heavy atom. The van der Waals surface area contributed by atoms with Crippen molar-refractivity contribution in [3.63, 3.8) is 0 Å². The number of aromatic carboxylic acids is 1. The summed E-state index contributed by atoms with van der Waals surface area (Å²) in [6.45, 7) is 4.02. The number of hydrogen-bond donors (Lipinski definition) is 1. The molecule has 1 aromatic rings. The summed E-state index contributed by atoms with van der Waals surface area (Å²) in [7, 11) is 0. The van der Waals surface area contributed by atoms with E-state index < -0.39 is 5.97 Å². The summed E-state index contributed by atoms with van der Waals surface area (Å²) in [5.74, 6) is 0.738. The highest BCUT2D eigenvalue weighted by Crippen LogP contribution is 2.39. The summed E-state index contributed by atoms with van der Waals surface area (Å²) < 4.78 is 0. The number of benzene rings is 1. The van der Waals surface area contributed by atoms with Crippen LogP contribution in [-0.2, 0) is 0 Å². The molecular weight excluding hydrogens is 238 g/mol. The first-order valence-electron chi connectivity index (χ1n) is 7.24. The zero-order valence-corrected chi connectivity index (χ0v) is 11.4. The van der Waals surface area contributed by atoms with Crippen molar-refractivity contribution in [3.8, 4) is 0 Å². The van der Waals surface area contributed by atoms with Gasteiger partial charge in [-0.25, -0.2) is 4.79 Å². The number of carboxylic acid groups (broad SMARTS) is 1.